The van der Waals surface area contributed by atoms with E-state index in [2.05, 4.69) is 5.32 Å². The maximum Gasteiger partial charge on any atom is 0.130 e. The molecule has 0 spiro atoms. The van der Waals surface area contributed by atoms with Gasteiger partial charge in [0.1, 0.15) is 11.6 Å². The second kappa shape index (κ2) is 4.02. The summed E-state index contributed by atoms with van der Waals surface area (Å²) in [5, 5.41) is 3.57. The van der Waals surface area contributed by atoms with E-state index in [9.17, 15) is 8.78 Å². The van der Waals surface area contributed by atoms with Gasteiger partial charge < -0.3 is 5.32 Å². The molecule has 1 nitrogen and oxygen atoms in total. The normalized spacial score (nSPS) is 40.3. The minimum Gasteiger partial charge on any atom is -0.307 e. The van der Waals surface area contributed by atoms with Crippen LogP contribution in [0.25, 0.3) is 0 Å². The Morgan fingerprint density at radius 3 is 2.47 bits per heavy atom. The van der Waals surface area contributed by atoms with Crippen molar-refractivity contribution in [2.75, 3.05) is 0 Å². The Morgan fingerprint density at radius 2 is 1.84 bits per heavy atom. The molecule has 102 valence electrons. The lowest BCUT2D eigenvalue weighted by molar-refractivity contribution is 0.425. The van der Waals surface area contributed by atoms with Gasteiger partial charge in [0, 0.05) is 23.7 Å². The molecule has 4 rings (SSSR count). The molecule has 1 aromatic carbocycles. The smallest absolute Gasteiger partial charge is 0.130 e. The second-order valence-corrected chi connectivity index (χ2v) is 6.57. The van der Waals surface area contributed by atoms with E-state index < -0.39 is 11.6 Å². The van der Waals surface area contributed by atoms with E-state index in [0.717, 1.165) is 29.7 Å². The van der Waals surface area contributed by atoms with Gasteiger partial charge in [-0.1, -0.05) is 6.07 Å². The summed E-state index contributed by atoms with van der Waals surface area (Å²) in [4.78, 5) is 0. The van der Waals surface area contributed by atoms with Gasteiger partial charge in [0.05, 0.1) is 0 Å². The monoisotopic (exact) mass is 263 g/mol. The number of halogens is 2. The molecule has 3 aliphatic rings. The first-order valence-electron chi connectivity index (χ1n) is 7.36. The van der Waals surface area contributed by atoms with Crippen molar-refractivity contribution >= 4 is 0 Å². The Kier molecular flexibility index (Phi) is 2.50. The summed E-state index contributed by atoms with van der Waals surface area (Å²) in [6.45, 7) is 1.98. The fourth-order valence-electron chi connectivity index (χ4n) is 4.78. The maximum atomic E-state index is 13.7. The van der Waals surface area contributed by atoms with Crippen molar-refractivity contribution < 1.29 is 8.78 Å². The minimum absolute atomic E-state index is 0.0319. The first-order chi connectivity index (χ1) is 9.15. The lowest BCUT2D eigenvalue weighted by Crippen LogP contribution is -2.26. The summed E-state index contributed by atoms with van der Waals surface area (Å²) in [6.07, 6.45) is 4.21. The van der Waals surface area contributed by atoms with E-state index >= 15 is 0 Å². The van der Waals surface area contributed by atoms with Gasteiger partial charge in [-0.25, -0.2) is 8.78 Å². The standard InChI is InChI=1S/C16H19F2N/c1-8(12-5-4-11(17)7-13(12)18)19-16-14-9-2-3-10(6-9)15(14)16/h4-5,7-10,14-16,19H,2-3,6H2,1H3. The molecule has 0 saturated heterocycles. The molecule has 5 unspecified atom stereocenters. The van der Waals surface area contributed by atoms with Gasteiger partial charge in [0.2, 0.25) is 0 Å². The fourth-order valence-corrected chi connectivity index (χ4v) is 4.78. The van der Waals surface area contributed by atoms with Gasteiger partial charge in [-0.2, -0.15) is 0 Å². The zero-order valence-corrected chi connectivity index (χ0v) is 11.1. The van der Waals surface area contributed by atoms with Crippen LogP contribution in [0.15, 0.2) is 18.2 Å². The Hall–Kier alpha value is -0.960. The third-order valence-corrected chi connectivity index (χ3v) is 5.61. The van der Waals surface area contributed by atoms with E-state index in [0.29, 0.717) is 11.6 Å². The topological polar surface area (TPSA) is 12.0 Å². The highest BCUT2D eigenvalue weighted by Gasteiger charge is 2.64. The second-order valence-electron chi connectivity index (χ2n) is 6.57. The summed E-state index contributed by atoms with van der Waals surface area (Å²) in [7, 11) is 0. The molecule has 0 aromatic heterocycles. The van der Waals surface area contributed by atoms with Crippen molar-refractivity contribution in [3.8, 4) is 0 Å². The average Bonchev–Trinajstić information content (AvgIpc) is 2.78. The molecule has 0 amide bonds. The van der Waals surface area contributed by atoms with E-state index in [1.165, 1.54) is 25.3 Å². The highest BCUT2D eigenvalue weighted by Crippen LogP contribution is 2.65. The van der Waals surface area contributed by atoms with E-state index in [1.54, 1.807) is 6.07 Å². The molecule has 0 radical (unpaired) electrons. The molecule has 1 N–H and O–H groups in total. The summed E-state index contributed by atoms with van der Waals surface area (Å²) >= 11 is 0. The Bertz CT molecular complexity index is 499. The summed E-state index contributed by atoms with van der Waals surface area (Å²) in [6, 6.07) is 4.43. The Balaban J connectivity index is 1.46. The lowest BCUT2D eigenvalue weighted by Gasteiger charge is -2.18. The molecule has 19 heavy (non-hydrogen) atoms. The minimum atomic E-state index is -0.505. The highest BCUT2D eigenvalue weighted by molar-refractivity contribution is 5.24. The number of hydrogen-bond donors (Lipinski definition) is 1. The third-order valence-electron chi connectivity index (χ3n) is 5.61. The zero-order chi connectivity index (χ0) is 13.1. The summed E-state index contributed by atoms with van der Waals surface area (Å²) < 4.78 is 26.7. The van der Waals surface area contributed by atoms with Crippen LogP contribution in [-0.2, 0) is 0 Å². The molecule has 0 aliphatic heterocycles. The molecule has 3 saturated carbocycles. The van der Waals surface area contributed by atoms with Crippen molar-refractivity contribution in [2.24, 2.45) is 23.7 Å². The van der Waals surface area contributed by atoms with Crippen LogP contribution in [0.3, 0.4) is 0 Å². The summed E-state index contributed by atoms with van der Waals surface area (Å²) in [5.74, 6) is 2.56. The van der Waals surface area contributed by atoms with Crippen molar-refractivity contribution in [2.45, 2.75) is 38.3 Å². The van der Waals surface area contributed by atoms with Gasteiger partial charge in [-0.15, -0.1) is 0 Å². The van der Waals surface area contributed by atoms with Crippen LogP contribution in [0.2, 0.25) is 0 Å². The molecule has 5 atom stereocenters. The number of nitrogens with one attached hydrogen (secondary N) is 1. The number of benzene rings is 1. The largest absolute Gasteiger partial charge is 0.307 e. The predicted molar refractivity (Wildman–Crippen MR) is 69.5 cm³/mol. The molecule has 1 aromatic rings. The number of hydrogen-bond acceptors (Lipinski definition) is 1. The van der Waals surface area contributed by atoms with Gasteiger partial charge in [-0.3, -0.25) is 0 Å². The van der Waals surface area contributed by atoms with Crippen LogP contribution < -0.4 is 5.32 Å². The molecular formula is C16H19F2N. The zero-order valence-electron chi connectivity index (χ0n) is 11.1. The molecular weight excluding hydrogens is 244 g/mol. The highest BCUT2D eigenvalue weighted by atomic mass is 19.1. The van der Waals surface area contributed by atoms with Gasteiger partial charge >= 0.3 is 0 Å². The SMILES string of the molecule is CC(NC1C2C3CCC(C3)C12)c1ccc(F)cc1F. The molecule has 3 fully saturated rings. The van der Waals surface area contributed by atoms with Crippen LogP contribution in [0, 0.1) is 35.3 Å². The molecule has 3 heteroatoms. The Labute approximate surface area is 112 Å². The molecule has 0 heterocycles. The molecule has 3 aliphatic carbocycles. The van der Waals surface area contributed by atoms with Crippen molar-refractivity contribution in [3.05, 3.63) is 35.4 Å². The van der Waals surface area contributed by atoms with E-state index in [-0.39, 0.29) is 6.04 Å². The van der Waals surface area contributed by atoms with Crippen LogP contribution >= 0.6 is 0 Å². The van der Waals surface area contributed by atoms with Gasteiger partial charge in [0.25, 0.3) is 0 Å². The Morgan fingerprint density at radius 1 is 1.16 bits per heavy atom. The quantitative estimate of drug-likeness (QED) is 0.877. The lowest BCUT2D eigenvalue weighted by atomic mass is 10.0. The van der Waals surface area contributed by atoms with Crippen molar-refractivity contribution in [1.29, 1.82) is 0 Å². The predicted octanol–water partition coefficient (Wildman–Crippen LogP) is 3.66. The average molecular weight is 263 g/mol. The van der Waals surface area contributed by atoms with E-state index in [1.807, 2.05) is 6.92 Å². The fraction of sp³-hybridized carbons (Fsp3) is 0.625. The summed E-state index contributed by atoms with van der Waals surface area (Å²) in [5.41, 5.74) is 0.582. The third kappa shape index (κ3) is 1.74. The van der Waals surface area contributed by atoms with Gasteiger partial charge in [-0.05, 0) is 55.9 Å². The number of rotatable bonds is 3. The van der Waals surface area contributed by atoms with Crippen LogP contribution in [0.5, 0.6) is 0 Å². The van der Waals surface area contributed by atoms with Crippen LogP contribution in [0.1, 0.15) is 37.8 Å². The molecule has 2 bridgehead atoms. The van der Waals surface area contributed by atoms with Crippen molar-refractivity contribution in [1.82, 2.24) is 5.32 Å². The van der Waals surface area contributed by atoms with E-state index in [4.69, 9.17) is 0 Å². The van der Waals surface area contributed by atoms with Crippen LogP contribution in [-0.4, -0.2) is 6.04 Å². The number of fused-ring (bicyclic) bond motifs is 5. The first kappa shape index (κ1) is 11.8. The maximum absolute atomic E-state index is 13.7. The van der Waals surface area contributed by atoms with Crippen LogP contribution in [0.4, 0.5) is 8.78 Å². The van der Waals surface area contributed by atoms with Gasteiger partial charge in [0.15, 0.2) is 0 Å². The van der Waals surface area contributed by atoms with Crippen molar-refractivity contribution in [3.63, 3.8) is 0 Å². The first-order valence-corrected chi connectivity index (χ1v) is 7.36.